The molecule has 7 heteroatoms. The van der Waals surface area contributed by atoms with E-state index in [1.165, 1.54) is 12.8 Å². The molecule has 1 atom stereocenters. The van der Waals surface area contributed by atoms with Gasteiger partial charge in [-0.3, -0.25) is 9.89 Å². The fraction of sp³-hybridized carbons (Fsp3) is 0.529. The number of aromatic nitrogens is 4. The van der Waals surface area contributed by atoms with Crippen molar-refractivity contribution in [3.8, 4) is 0 Å². The van der Waals surface area contributed by atoms with Crippen molar-refractivity contribution in [1.29, 1.82) is 0 Å². The summed E-state index contributed by atoms with van der Waals surface area (Å²) < 4.78 is 0. The van der Waals surface area contributed by atoms with Gasteiger partial charge in [-0.25, -0.2) is 0 Å². The molecule has 2 aromatic heterocycles. The molecule has 2 aromatic rings. The number of nitrogens with zero attached hydrogens (tertiary/aromatic N) is 5. The molecule has 2 aliphatic rings. The first-order valence-electron chi connectivity index (χ1n) is 8.50. The molecule has 0 bridgehead atoms. The first-order valence-corrected chi connectivity index (χ1v) is 8.50. The monoisotopic (exact) mass is 326 g/mol. The molecule has 1 saturated heterocycles. The van der Waals surface area contributed by atoms with Crippen LogP contribution in [0.2, 0.25) is 0 Å². The van der Waals surface area contributed by atoms with E-state index in [2.05, 4.69) is 20.4 Å². The zero-order chi connectivity index (χ0) is 16.7. The Morgan fingerprint density at radius 2 is 2.08 bits per heavy atom. The zero-order valence-electron chi connectivity index (χ0n) is 14.1. The molecule has 1 amide bonds. The Bertz CT molecular complexity index is 734. The van der Waals surface area contributed by atoms with E-state index in [1.54, 1.807) is 0 Å². The first kappa shape index (κ1) is 15.1. The lowest BCUT2D eigenvalue weighted by molar-refractivity contribution is 0.0726. The van der Waals surface area contributed by atoms with Gasteiger partial charge in [-0.15, -0.1) is 5.10 Å². The Morgan fingerprint density at radius 3 is 2.75 bits per heavy atom. The number of carbonyl (C=O) groups excluding carboxylic acids is 1. The van der Waals surface area contributed by atoms with Gasteiger partial charge in [0.15, 0.2) is 5.82 Å². The largest absolute Gasteiger partial charge is 0.361 e. The van der Waals surface area contributed by atoms with E-state index in [9.17, 15) is 4.79 Å². The Hall–Kier alpha value is -2.44. The minimum absolute atomic E-state index is 0.0118. The number of rotatable bonds is 4. The molecule has 1 N–H and O–H groups in total. The van der Waals surface area contributed by atoms with Crippen molar-refractivity contribution in [1.82, 2.24) is 25.3 Å². The molecular formula is C17H22N6O. The van der Waals surface area contributed by atoms with E-state index in [4.69, 9.17) is 0 Å². The number of anilines is 1. The van der Waals surface area contributed by atoms with E-state index < -0.39 is 0 Å². The van der Waals surface area contributed by atoms with E-state index in [0.29, 0.717) is 11.6 Å². The molecule has 1 saturated carbocycles. The van der Waals surface area contributed by atoms with Crippen LogP contribution in [0.1, 0.15) is 59.5 Å². The summed E-state index contributed by atoms with van der Waals surface area (Å²) in [5, 5.41) is 15.8. The fourth-order valence-electron chi connectivity index (χ4n) is 3.27. The van der Waals surface area contributed by atoms with Crippen LogP contribution in [0.15, 0.2) is 18.2 Å². The highest BCUT2D eigenvalue weighted by atomic mass is 16.2. The summed E-state index contributed by atoms with van der Waals surface area (Å²) in [7, 11) is 3.87. The quantitative estimate of drug-likeness (QED) is 0.931. The molecule has 2 fully saturated rings. The van der Waals surface area contributed by atoms with Crippen LogP contribution < -0.4 is 4.90 Å². The molecule has 24 heavy (non-hydrogen) atoms. The lowest BCUT2D eigenvalue weighted by Gasteiger charge is -2.23. The van der Waals surface area contributed by atoms with E-state index in [0.717, 1.165) is 36.6 Å². The lowest BCUT2D eigenvalue weighted by Crippen LogP contribution is -2.31. The van der Waals surface area contributed by atoms with Gasteiger partial charge in [-0.05, 0) is 43.9 Å². The molecule has 7 nitrogen and oxygen atoms in total. The minimum Gasteiger partial charge on any atom is -0.361 e. The number of hydrogen-bond donors (Lipinski definition) is 1. The van der Waals surface area contributed by atoms with Crippen LogP contribution >= 0.6 is 0 Å². The molecule has 3 heterocycles. The number of carbonyl (C=O) groups is 1. The van der Waals surface area contributed by atoms with Crippen LogP contribution in [0.5, 0.6) is 0 Å². The smallest absolute Gasteiger partial charge is 0.274 e. The summed E-state index contributed by atoms with van der Waals surface area (Å²) in [6.07, 6.45) is 4.28. The van der Waals surface area contributed by atoms with Gasteiger partial charge in [0.05, 0.1) is 11.7 Å². The Morgan fingerprint density at radius 1 is 1.25 bits per heavy atom. The maximum Gasteiger partial charge on any atom is 0.274 e. The van der Waals surface area contributed by atoms with Gasteiger partial charge in [0, 0.05) is 32.3 Å². The molecule has 1 unspecified atom stereocenters. The van der Waals surface area contributed by atoms with Gasteiger partial charge in [0.1, 0.15) is 5.69 Å². The summed E-state index contributed by atoms with van der Waals surface area (Å²) in [4.78, 5) is 16.6. The van der Waals surface area contributed by atoms with Crippen molar-refractivity contribution in [3.63, 3.8) is 0 Å². The summed E-state index contributed by atoms with van der Waals surface area (Å²) in [5.74, 6) is 1.37. The van der Waals surface area contributed by atoms with Gasteiger partial charge in [-0.2, -0.15) is 10.2 Å². The number of aromatic amines is 1. The van der Waals surface area contributed by atoms with Crippen molar-refractivity contribution < 1.29 is 4.79 Å². The van der Waals surface area contributed by atoms with Crippen molar-refractivity contribution in [2.75, 3.05) is 25.5 Å². The summed E-state index contributed by atoms with van der Waals surface area (Å²) in [6.45, 7) is 0.742. The second-order valence-electron chi connectivity index (χ2n) is 6.85. The third-order valence-corrected chi connectivity index (χ3v) is 4.82. The van der Waals surface area contributed by atoms with Crippen LogP contribution in [0.4, 0.5) is 5.82 Å². The number of likely N-dealkylation sites (tertiary alicyclic amines) is 1. The van der Waals surface area contributed by atoms with Crippen molar-refractivity contribution in [2.24, 2.45) is 0 Å². The SMILES string of the molecule is CN(C)c1ccc(C2CCCN2C(=O)c2cc(C3CC3)[nH]n2)nn1. The Labute approximate surface area is 141 Å². The maximum atomic E-state index is 12.8. The highest BCUT2D eigenvalue weighted by Crippen LogP contribution is 2.39. The number of amides is 1. The first-order chi connectivity index (χ1) is 11.6. The normalized spacial score (nSPS) is 20.4. The second kappa shape index (κ2) is 5.89. The Balaban J connectivity index is 1.53. The molecule has 1 aliphatic carbocycles. The van der Waals surface area contributed by atoms with Gasteiger partial charge in [0.25, 0.3) is 5.91 Å². The highest BCUT2D eigenvalue weighted by Gasteiger charge is 2.34. The zero-order valence-corrected chi connectivity index (χ0v) is 14.1. The van der Waals surface area contributed by atoms with E-state index >= 15 is 0 Å². The molecule has 126 valence electrons. The van der Waals surface area contributed by atoms with Crippen LogP contribution in [0.3, 0.4) is 0 Å². The average molecular weight is 326 g/mol. The van der Waals surface area contributed by atoms with Crippen molar-refractivity contribution >= 4 is 11.7 Å². The molecule has 0 spiro atoms. The minimum atomic E-state index is -0.0147. The number of H-pyrrole nitrogens is 1. The Kier molecular flexibility index (Phi) is 3.70. The molecule has 0 aromatic carbocycles. The average Bonchev–Trinajstić information content (AvgIpc) is 3.13. The second-order valence-corrected chi connectivity index (χ2v) is 6.85. The van der Waals surface area contributed by atoms with Gasteiger partial charge < -0.3 is 9.80 Å². The van der Waals surface area contributed by atoms with Crippen LogP contribution in [0.25, 0.3) is 0 Å². The molecule has 4 rings (SSSR count). The lowest BCUT2D eigenvalue weighted by atomic mass is 10.1. The summed E-state index contributed by atoms with van der Waals surface area (Å²) >= 11 is 0. The van der Waals surface area contributed by atoms with E-state index in [-0.39, 0.29) is 11.9 Å². The highest BCUT2D eigenvalue weighted by molar-refractivity contribution is 5.92. The van der Waals surface area contributed by atoms with Crippen LogP contribution in [0, 0.1) is 0 Å². The maximum absolute atomic E-state index is 12.8. The number of hydrogen-bond acceptors (Lipinski definition) is 5. The molecule has 0 radical (unpaired) electrons. The predicted molar refractivity (Wildman–Crippen MR) is 89.9 cm³/mol. The van der Waals surface area contributed by atoms with Gasteiger partial charge >= 0.3 is 0 Å². The summed E-state index contributed by atoms with van der Waals surface area (Å²) in [5.41, 5.74) is 2.45. The van der Waals surface area contributed by atoms with Gasteiger partial charge in [-0.1, -0.05) is 0 Å². The number of nitrogens with one attached hydrogen (secondary N) is 1. The topological polar surface area (TPSA) is 78.0 Å². The molecular weight excluding hydrogens is 304 g/mol. The van der Waals surface area contributed by atoms with Crippen LogP contribution in [-0.2, 0) is 0 Å². The fourth-order valence-corrected chi connectivity index (χ4v) is 3.27. The van der Waals surface area contributed by atoms with E-state index in [1.807, 2.05) is 42.1 Å². The van der Waals surface area contributed by atoms with Crippen LogP contribution in [-0.4, -0.2) is 51.8 Å². The van der Waals surface area contributed by atoms with Gasteiger partial charge in [0.2, 0.25) is 0 Å². The third-order valence-electron chi connectivity index (χ3n) is 4.82. The third kappa shape index (κ3) is 2.74. The van der Waals surface area contributed by atoms with Crippen molar-refractivity contribution in [3.05, 3.63) is 35.3 Å². The predicted octanol–water partition coefficient (Wildman–Crippen LogP) is 2.12. The molecule has 1 aliphatic heterocycles. The standard InChI is InChI=1S/C17H22N6O/c1-22(2)16-8-7-12(18-21-16)15-4-3-9-23(15)17(24)14-10-13(19-20-14)11-5-6-11/h7-8,10-11,15H,3-6,9H2,1-2H3,(H,19,20). The van der Waals surface area contributed by atoms with Crippen molar-refractivity contribution in [2.45, 2.75) is 37.6 Å². The summed E-state index contributed by atoms with van der Waals surface area (Å²) in [6, 6.07) is 5.82.